The molecule has 0 aliphatic rings. The van der Waals surface area contributed by atoms with Crippen LogP contribution in [0.5, 0.6) is 5.75 Å². The van der Waals surface area contributed by atoms with Crippen LogP contribution in [0.2, 0.25) is 0 Å². The van der Waals surface area contributed by atoms with Crippen molar-refractivity contribution in [2.45, 2.75) is 65.6 Å². The smallest absolute Gasteiger partial charge is 0.338 e. The summed E-state index contributed by atoms with van der Waals surface area (Å²) in [6.45, 7) is 14.0. The van der Waals surface area contributed by atoms with Crippen LogP contribution in [0.15, 0.2) is 24.3 Å². The third kappa shape index (κ3) is 4.30. The lowest BCUT2D eigenvalue weighted by atomic mass is 9.59. The zero-order valence-electron chi connectivity index (χ0n) is 17.4. The van der Waals surface area contributed by atoms with Crippen LogP contribution in [-0.4, -0.2) is 46.5 Å². The van der Waals surface area contributed by atoms with E-state index in [0.717, 1.165) is 5.56 Å². The Bertz CT molecular complexity index is 589. The van der Waals surface area contributed by atoms with Gasteiger partial charge in [-0.05, 0) is 31.5 Å². The van der Waals surface area contributed by atoms with Crippen LogP contribution in [0.3, 0.4) is 0 Å². The summed E-state index contributed by atoms with van der Waals surface area (Å²) in [5, 5.41) is 8.88. The summed E-state index contributed by atoms with van der Waals surface area (Å²) in [5.74, 6) is 0.345. The van der Waals surface area contributed by atoms with Crippen LogP contribution in [0.25, 0.3) is 0 Å². The lowest BCUT2D eigenvalue weighted by Gasteiger charge is -2.52. The third-order valence-corrected chi connectivity index (χ3v) is 5.42. The molecule has 1 N–H and O–H groups in total. The fourth-order valence-electron chi connectivity index (χ4n) is 3.78. The van der Waals surface area contributed by atoms with Gasteiger partial charge in [-0.3, -0.25) is 0 Å². The maximum Gasteiger partial charge on any atom is 0.338 e. The van der Waals surface area contributed by atoms with E-state index < -0.39 is 16.4 Å². The van der Waals surface area contributed by atoms with Gasteiger partial charge in [0.15, 0.2) is 5.60 Å². The molecule has 0 aliphatic carbocycles. The number of rotatable bonds is 8. The molecule has 0 spiro atoms. The Morgan fingerprint density at radius 3 is 2.04 bits per heavy atom. The van der Waals surface area contributed by atoms with E-state index in [9.17, 15) is 4.79 Å². The largest absolute Gasteiger partial charge is 0.491 e. The maximum atomic E-state index is 13.2. The summed E-state index contributed by atoms with van der Waals surface area (Å²) in [6.07, 6.45) is -0.217. The van der Waals surface area contributed by atoms with E-state index in [1.54, 1.807) is 0 Å². The first-order valence-corrected chi connectivity index (χ1v) is 9.86. The van der Waals surface area contributed by atoms with Crippen molar-refractivity contribution in [1.82, 2.24) is 0 Å². The summed E-state index contributed by atoms with van der Waals surface area (Å²) in [7, 11) is 0.404. The van der Waals surface area contributed by atoms with Crippen molar-refractivity contribution in [2.24, 2.45) is 5.41 Å². The predicted molar refractivity (Wildman–Crippen MR) is 106 cm³/mol. The number of benzene rings is 1. The maximum absolute atomic E-state index is 13.2. The molecular formula is C20H34O5Si. The third-order valence-electron chi connectivity index (χ3n) is 4.81. The van der Waals surface area contributed by atoms with Crippen molar-refractivity contribution in [1.29, 1.82) is 0 Å². The number of carbonyl (C=O) groups is 1. The summed E-state index contributed by atoms with van der Waals surface area (Å²) >= 11 is 0. The predicted octanol–water partition coefficient (Wildman–Crippen LogP) is 2.37. The van der Waals surface area contributed by atoms with Crippen molar-refractivity contribution >= 4 is 16.5 Å². The Hall–Kier alpha value is -1.37. The molecular weight excluding hydrogens is 348 g/mol. The van der Waals surface area contributed by atoms with Gasteiger partial charge < -0.3 is 19.0 Å². The highest BCUT2D eigenvalue weighted by molar-refractivity contribution is 6.01. The van der Waals surface area contributed by atoms with E-state index >= 15 is 0 Å². The van der Waals surface area contributed by atoms with E-state index in [1.807, 2.05) is 72.7 Å². The molecule has 0 heterocycles. The minimum Gasteiger partial charge on any atom is -0.491 e. The number of hydrogen-bond acceptors (Lipinski definition) is 5. The van der Waals surface area contributed by atoms with Gasteiger partial charge in [-0.15, -0.1) is 0 Å². The molecule has 0 amide bonds. The average Bonchev–Trinajstić information content (AvgIpc) is 2.52. The van der Waals surface area contributed by atoms with Gasteiger partial charge in [0.2, 0.25) is 0 Å². The molecule has 0 aromatic heterocycles. The van der Waals surface area contributed by atoms with Gasteiger partial charge in [-0.25, -0.2) is 4.79 Å². The fourth-order valence-corrected chi connectivity index (χ4v) is 5.06. The van der Waals surface area contributed by atoms with Gasteiger partial charge in [-0.1, -0.05) is 46.8 Å². The lowest BCUT2D eigenvalue weighted by Crippen LogP contribution is -2.64. The summed E-state index contributed by atoms with van der Waals surface area (Å²) in [6, 6.07) is 7.58. The zero-order chi connectivity index (χ0) is 20.2. The van der Waals surface area contributed by atoms with Gasteiger partial charge in [0.05, 0.1) is 12.7 Å². The fraction of sp³-hybridized carbons (Fsp3) is 0.650. The molecule has 1 atom stereocenters. The lowest BCUT2D eigenvalue weighted by molar-refractivity contribution is -0.187. The standard InChI is InChI=1S/C20H34O5Si/c1-14(2)24-17(22)20(25-26,18(3,4)5)19(6,7)15-8-10-16(11-9-15)23-13-12-21/h8-11,14,21H,12-13H2,1-7,26H3. The van der Waals surface area contributed by atoms with E-state index in [2.05, 4.69) is 0 Å². The Morgan fingerprint density at radius 2 is 1.65 bits per heavy atom. The van der Waals surface area contributed by atoms with Crippen LogP contribution < -0.4 is 4.74 Å². The molecule has 1 rings (SSSR count). The first-order valence-electron chi connectivity index (χ1n) is 9.04. The van der Waals surface area contributed by atoms with E-state index in [1.165, 1.54) is 0 Å². The van der Waals surface area contributed by atoms with Crippen LogP contribution in [-0.2, 0) is 19.4 Å². The van der Waals surface area contributed by atoms with E-state index in [0.29, 0.717) is 16.2 Å². The van der Waals surface area contributed by atoms with Crippen LogP contribution in [0.1, 0.15) is 54.0 Å². The molecule has 5 nitrogen and oxygen atoms in total. The first-order chi connectivity index (χ1) is 11.9. The van der Waals surface area contributed by atoms with Crippen LogP contribution in [0, 0.1) is 5.41 Å². The van der Waals surface area contributed by atoms with Crippen molar-refractivity contribution in [3.63, 3.8) is 0 Å². The highest BCUT2D eigenvalue weighted by Gasteiger charge is 2.60. The molecule has 26 heavy (non-hydrogen) atoms. The van der Waals surface area contributed by atoms with Gasteiger partial charge in [0.25, 0.3) is 0 Å². The monoisotopic (exact) mass is 382 g/mol. The van der Waals surface area contributed by atoms with Gasteiger partial charge in [0, 0.05) is 10.8 Å². The molecule has 1 unspecified atom stereocenters. The molecule has 148 valence electrons. The Labute approximate surface area is 160 Å². The minimum absolute atomic E-state index is 0.0320. The zero-order valence-corrected chi connectivity index (χ0v) is 19.4. The summed E-state index contributed by atoms with van der Waals surface area (Å²) in [5.41, 5.74) is -1.27. The van der Waals surface area contributed by atoms with Crippen molar-refractivity contribution in [3.05, 3.63) is 29.8 Å². The molecule has 0 fully saturated rings. The van der Waals surface area contributed by atoms with Gasteiger partial charge in [-0.2, -0.15) is 0 Å². The van der Waals surface area contributed by atoms with E-state index in [4.69, 9.17) is 19.0 Å². The van der Waals surface area contributed by atoms with Crippen LogP contribution >= 0.6 is 0 Å². The molecule has 0 saturated carbocycles. The minimum atomic E-state index is -1.12. The second kappa shape index (κ2) is 8.54. The van der Waals surface area contributed by atoms with Crippen molar-refractivity contribution < 1.29 is 23.8 Å². The van der Waals surface area contributed by atoms with Gasteiger partial charge in [0.1, 0.15) is 22.8 Å². The molecule has 0 aliphatic heterocycles. The van der Waals surface area contributed by atoms with Crippen molar-refractivity contribution in [3.8, 4) is 5.75 Å². The first kappa shape index (κ1) is 22.7. The van der Waals surface area contributed by atoms with E-state index in [-0.39, 0.29) is 25.3 Å². The van der Waals surface area contributed by atoms with Gasteiger partial charge >= 0.3 is 5.97 Å². The number of aliphatic hydroxyl groups is 1. The average molecular weight is 383 g/mol. The second-order valence-corrected chi connectivity index (χ2v) is 8.72. The highest BCUT2D eigenvalue weighted by Crippen LogP contribution is 2.49. The number of carbonyl (C=O) groups excluding carboxylic acids is 1. The topological polar surface area (TPSA) is 65.0 Å². The molecule has 0 saturated heterocycles. The Morgan fingerprint density at radius 1 is 1.12 bits per heavy atom. The molecule has 0 bridgehead atoms. The number of ether oxygens (including phenoxy) is 2. The SMILES string of the molecule is CC(C)OC(=O)C(O[SiH3])(C(C)(C)C)C(C)(C)c1ccc(OCCO)cc1. The highest BCUT2D eigenvalue weighted by atomic mass is 28.2. The Balaban J connectivity index is 3.40. The normalized spacial score (nSPS) is 15.0. The molecule has 1 aromatic rings. The molecule has 6 heteroatoms. The number of aliphatic hydroxyl groups excluding tert-OH is 1. The molecule has 0 radical (unpaired) electrons. The quantitative estimate of drug-likeness (QED) is 0.552. The van der Waals surface area contributed by atoms with Crippen molar-refractivity contribution in [2.75, 3.05) is 13.2 Å². The number of hydrogen-bond donors (Lipinski definition) is 1. The second-order valence-electron chi connectivity index (χ2n) is 8.31. The summed E-state index contributed by atoms with van der Waals surface area (Å²) in [4.78, 5) is 13.2. The summed E-state index contributed by atoms with van der Waals surface area (Å²) < 4.78 is 17.1. The molecule has 1 aromatic carbocycles. The Kier molecular flexibility index (Phi) is 7.45. The van der Waals surface area contributed by atoms with Crippen LogP contribution in [0.4, 0.5) is 0 Å². The number of esters is 1.